The Balaban J connectivity index is 0.000000131. The van der Waals surface area contributed by atoms with Crippen LogP contribution >= 0.6 is 0 Å². The summed E-state index contributed by atoms with van der Waals surface area (Å²) in [5.74, 6) is 2.81. The van der Waals surface area contributed by atoms with Gasteiger partial charge in [-0.25, -0.2) is 14.4 Å². The molecule has 484 valence electrons. The summed E-state index contributed by atoms with van der Waals surface area (Å²) < 4.78 is 5.35. The number of urea groups is 2. The minimum Gasteiger partial charge on any atom is -0.450 e. The number of nitrogens with zero attached hydrogens (tertiary/aromatic N) is 9. The number of carbonyl (C=O) groups is 4. The van der Waals surface area contributed by atoms with Gasteiger partial charge in [0.15, 0.2) is 0 Å². The second kappa shape index (κ2) is 27.8. The highest BCUT2D eigenvalue weighted by molar-refractivity contribution is 5.94. The van der Waals surface area contributed by atoms with Crippen LogP contribution in [0.25, 0.3) is 0 Å². The van der Waals surface area contributed by atoms with E-state index in [0.29, 0.717) is 24.7 Å². The number of hydrogen-bond donors (Lipinski definition) is 0. The summed E-state index contributed by atoms with van der Waals surface area (Å²) in [6.45, 7) is 14.9. The average Bonchev–Trinajstić information content (AvgIpc) is 1.90. The number of piperidine rings is 4. The summed E-state index contributed by atoms with van der Waals surface area (Å²) in [4.78, 5) is 70.1. The molecule has 3 aromatic carbocycles. The minimum absolute atomic E-state index is 0.0748. The average molecular weight is 1220 g/mol. The number of benzene rings is 3. The summed E-state index contributed by atoms with van der Waals surface area (Å²) in [5, 5.41) is 0. The Bertz CT molecular complexity index is 2930. The molecule has 0 N–H and O–H groups in total. The number of carbonyl (C=O) groups excluding carboxylic acids is 4. The maximum absolute atomic E-state index is 12.9. The molecule has 0 aromatic heterocycles. The zero-order chi connectivity index (χ0) is 61.9. The number of rotatable bonds is 5. The summed E-state index contributed by atoms with van der Waals surface area (Å²) in [5.41, 5.74) is 8.32. The predicted octanol–water partition coefficient (Wildman–Crippen LogP) is 13.9. The van der Waals surface area contributed by atoms with Crippen molar-refractivity contribution in [2.24, 2.45) is 17.8 Å². The number of para-hydroxylation sites is 3. The Kier molecular flexibility index (Phi) is 19.9. The Morgan fingerprint density at radius 1 is 0.472 bits per heavy atom. The molecule has 0 radical (unpaired) electrons. The molecule has 3 aliphatic carbocycles. The predicted molar refractivity (Wildman–Crippen MR) is 359 cm³/mol. The summed E-state index contributed by atoms with van der Waals surface area (Å²) >= 11 is 0. The Labute approximate surface area is 534 Å². The van der Waals surface area contributed by atoms with Crippen LogP contribution in [0, 0.1) is 17.8 Å². The normalized spacial score (nSPS) is 28.0. The van der Waals surface area contributed by atoms with Crippen molar-refractivity contribution in [2.75, 3.05) is 115 Å². The highest BCUT2D eigenvalue weighted by atomic mass is 16.6. The van der Waals surface area contributed by atoms with Crippen molar-refractivity contribution in [2.45, 2.75) is 208 Å². The molecule has 3 spiro atoms. The third-order valence-electron chi connectivity index (χ3n) is 24.3. The fourth-order valence-corrected chi connectivity index (χ4v) is 19.5. The summed E-state index contributed by atoms with van der Waals surface area (Å²) in [6, 6.07) is 28.3. The molecule has 5 saturated heterocycles. The Hall–Kier alpha value is -5.44. The van der Waals surface area contributed by atoms with Crippen molar-refractivity contribution in [3.05, 3.63) is 102 Å². The van der Waals surface area contributed by atoms with Crippen LogP contribution in [-0.2, 0) is 25.8 Å². The van der Waals surface area contributed by atoms with Gasteiger partial charge in [-0.3, -0.25) is 14.6 Å². The molecule has 11 aliphatic rings. The van der Waals surface area contributed by atoms with E-state index >= 15 is 0 Å². The van der Waals surface area contributed by atoms with E-state index in [1.54, 1.807) is 16.7 Å². The Morgan fingerprint density at radius 3 is 1.34 bits per heavy atom. The van der Waals surface area contributed by atoms with Gasteiger partial charge in [0.25, 0.3) is 0 Å². The van der Waals surface area contributed by atoms with E-state index in [1.807, 2.05) is 54.7 Å². The summed E-state index contributed by atoms with van der Waals surface area (Å²) in [7, 11) is 7.39. The highest BCUT2D eigenvalue weighted by Crippen LogP contribution is 2.51. The smallest absolute Gasteiger partial charge is 0.410 e. The SMILES string of the molecule is CC(=O)N1CCCC2(CCN(CC3CC4C=CC3C4)CC2)c2ccccc21.CCOC(=O)N1C2CCC1CC(N1CCC3(CCCN(C(=O)N(C)C)c4ccccc43)CC1)C2.CN(C)C(=O)N1CCCC2(CCN(C3CCCCCC3)CC2)c2ccccc21. The standard InChI is InChI=1S/C27H40N4O3.C24H37N3O.C24H32N2O/c1-4-34-26(33)31-20-10-11-21(31)19-22(18-20)29-16-13-27(14-17-29)12-7-15-30(25(32)28(2)3)24-9-6-5-8-23(24)27;1-25(2)23(28)27-17-9-14-24(21-12-7-8-13-22(21)27)15-18-26(19-16-24)20-10-5-3-4-6-11-20;1-18(27)26-12-4-9-24(22-5-2-3-6-23(22)26)10-13-25(14-11-24)17-21-16-19-7-8-20(21)15-19/h5-6,8-9,20-22H,4,7,10-19H2,1-3H3;7-8,12-13,20H,3-6,9-11,14-19H2,1-2H3;2-3,5-8,19-21H,4,9-17H2,1H3. The Morgan fingerprint density at radius 2 is 0.910 bits per heavy atom. The number of anilines is 3. The van der Waals surface area contributed by atoms with Gasteiger partial charge in [0.2, 0.25) is 5.91 Å². The molecule has 2 saturated carbocycles. The molecule has 89 heavy (non-hydrogen) atoms. The van der Waals surface area contributed by atoms with Gasteiger partial charge in [-0.05, 0) is 243 Å². The molecule has 14 heteroatoms. The van der Waals surface area contributed by atoms with Gasteiger partial charge in [0, 0.05) is 103 Å². The molecule has 3 aromatic rings. The number of likely N-dealkylation sites (tertiary alicyclic amines) is 3. The van der Waals surface area contributed by atoms with Crippen LogP contribution in [0.15, 0.2) is 84.9 Å². The van der Waals surface area contributed by atoms with Crippen LogP contribution in [-0.4, -0.2) is 178 Å². The maximum atomic E-state index is 12.9. The first-order chi connectivity index (χ1) is 43.2. The molecule has 7 fully saturated rings. The van der Waals surface area contributed by atoms with Gasteiger partial charge in [-0.15, -0.1) is 0 Å². The second-order valence-electron chi connectivity index (χ2n) is 29.7. The third-order valence-corrected chi connectivity index (χ3v) is 24.3. The van der Waals surface area contributed by atoms with Crippen molar-refractivity contribution in [1.29, 1.82) is 0 Å². The zero-order valence-electron chi connectivity index (χ0n) is 55.4. The van der Waals surface area contributed by atoms with Crippen LogP contribution < -0.4 is 14.7 Å². The van der Waals surface area contributed by atoms with Crippen molar-refractivity contribution in [1.82, 2.24) is 29.4 Å². The second-order valence-corrected chi connectivity index (χ2v) is 29.7. The quantitative estimate of drug-likeness (QED) is 0.184. The maximum Gasteiger partial charge on any atom is 0.410 e. The first kappa shape index (κ1) is 63.7. The lowest BCUT2D eigenvalue weighted by Gasteiger charge is -2.48. The monoisotopic (exact) mass is 1220 g/mol. The van der Waals surface area contributed by atoms with Gasteiger partial charge < -0.3 is 39.0 Å². The van der Waals surface area contributed by atoms with Gasteiger partial charge in [-0.2, -0.15) is 0 Å². The van der Waals surface area contributed by atoms with Crippen LogP contribution in [0.3, 0.4) is 0 Å². The summed E-state index contributed by atoms with van der Waals surface area (Å²) in [6.07, 6.45) is 34.6. The van der Waals surface area contributed by atoms with Crippen molar-refractivity contribution in [3.63, 3.8) is 0 Å². The molecule has 8 aliphatic heterocycles. The fraction of sp³-hybridized carbons (Fsp3) is 0.680. The minimum atomic E-state index is -0.113. The largest absolute Gasteiger partial charge is 0.450 e. The molecule has 5 unspecified atom stereocenters. The van der Waals surface area contributed by atoms with Crippen molar-refractivity contribution >= 4 is 41.1 Å². The van der Waals surface area contributed by atoms with Gasteiger partial charge in [0.05, 0.1) is 6.61 Å². The number of ether oxygens (including phenoxy) is 1. The molecule has 5 atom stereocenters. The van der Waals surface area contributed by atoms with E-state index in [0.717, 1.165) is 132 Å². The van der Waals surface area contributed by atoms with Crippen LogP contribution in [0.4, 0.5) is 31.4 Å². The molecular weight excluding hydrogens is 1110 g/mol. The molecule has 6 amide bonds. The third kappa shape index (κ3) is 13.3. The lowest BCUT2D eigenvalue weighted by atomic mass is 9.69. The number of amides is 6. The number of allylic oxidation sites excluding steroid dienone is 2. The van der Waals surface area contributed by atoms with Crippen LogP contribution in [0.5, 0.6) is 0 Å². The first-order valence-electron chi connectivity index (χ1n) is 35.6. The topological polar surface area (TPSA) is 107 Å². The molecule has 14 nitrogen and oxygen atoms in total. The van der Waals surface area contributed by atoms with E-state index in [-0.39, 0.29) is 40.3 Å². The highest BCUT2D eigenvalue weighted by Gasteiger charge is 2.49. The zero-order valence-corrected chi connectivity index (χ0v) is 55.4. The molecule has 4 bridgehead atoms. The van der Waals surface area contributed by atoms with E-state index in [1.165, 1.54) is 145 Å². The van der Waals surface area contributed by atoms with E-state index in [2.05, 4.69) is 99.6 Å². The van der Waals surface area contributed by atoms with Crippen molar-refractivity contribution in [3.8, 4) is 0 Å². The fourth-order valence-electron chi connectivity index (χ4n) is 19.5. The van der Waals surface area contributed by atoms with E-state index < -0.39 is 0 Å². The van der Waals surface area contributed by atoms with E-state index in [4.69, 9.17) is 4.74 Å². The van der Waals surface area contributed by atoms with Crippen LogP contribution in [0.2, 0.25) is 0 Å². The lowest BCUT2D eigenvalue weighted by molar-refractivity contribution is -0.116. The first-order valence-corrected chi connectivity index (χ1v) is 35.6. The number of hydrogen-bond acceptors (Lipinski definition) is 8. The molecule has 14 rings (SSSR count). The lowest BCUT2D eigenvalue weighted by Crippen LogP contribution is -2.55. The number of fused-ring (bicyclic) bond motifs is 10. The van der Waals surface area contributed by atoms with Gasteiger partial charge in [-0.1, -0.05) is 92.4 Å². The van der Waals surface area contributed by atoms with E-state index in [9.17, 15) is 19.2 Å². The van der Waals surface area contributed by atoms with Crippen LogP contribution in [0.1, 0.15) is 185 Å². The van der Waals surface area contributed by atoms with Crippen molar-refractivity contribution < 1.29 is 23.9 Å². The van der Waals surface area contributed by atoms with Gasteiger partial charge in [0.1, 0.15) is 0 Å². The molecule has 8 heterocycles. The molecular formula is C75H109N9O5. The van der Waals surface area contributed by atoms with Gasteiger partial charge >= 0.3 is 18.2 Å².